The van der Waals surface area contributed by atoms with Crippen molar-refractivity contribution in [3.05, 3.63) is 0 Å². The van der Waals surface area contributed by atoms with Gasteiger partial charge in [0, 0.05) is 25.2 Å². The third-order valence-electron chi connectivity index (χ3n) is 3.31. The number of aliphatic carboxylic acids is 1. The summed E-state index contributed by atoms with van der Waals surface area (Å²) in [4.78, 5) is 26.2. The van der Waals surface area contributed by atoms with Gasteiger partial charge in [-0.25, -0.2) is 4.79 Å². The van der Waals surface area contributed by atoms with E-state index in [4.69, 9.17) is 5.11 Å². The Bertz CT molecular complexity index is 295. The van der Waals surface area contributed by atoms with Gasteiger partial charge in [-0.1, -0.05) is 6.92 Å². The Kier molecular flexibility index (Phi) is 8.14. The van der Waals surface area contributed by atoms with Crippen LogP contribution in [0.15, 0.2) is 0 Å². The van der Waals surface area contributed by atoms with E-state index in [0.29, 0.717) is 12.6 Å². The number of hydrogen-bond acceptors (Lipinski definition) is 3. The molecule has 19 heavy (non-hydrogen) atoms. The van der Waals surface area contributed by atoms with Crippen molar-refractivity contribution < 1.29 is 14.7 Å². The molecule has 2 N–H and O–H groups in total. The zero-order valence-corrected chi connectivity index (χ0v) is 12.6. The second-order valence-electron chi connectivity index (χ2n) is 5.09. The molecule has 0 aliphatic rings. The maximum atomic E-state index is 12.0. The van der Waals surface area contributed by atoms with Gasteiger partial charge in [0.1, 0.15) is 6.54 Å². The van der Waals surface area contributed by atoms with Gasteiger partial charge in [-0.05, 0) is 34.2 Å². The van der Waals surface area contributed by atoms with Gasteiger partial charge in [-0.3, -0.25) is 4.79 Å². The molecule has 0 aromatic carbocycles. The van der Waals surface area contributed by atoms with Crippen LogP contribution in [-0.4, -0.2) is 65.7 Å². The summed E-state index contributed by atoms with van der Waals surface area (Å²) < 4.78 is 0. The van der Waals surface area contributed by atoms with Gasteiger partial charge in [0.2, 0.25) is 0 Å². The van der Waals surface area contributed by atoms with Crippen LogP contribution >= 0.6 is 0 Å². The summed E-state index contributed by atoms with van der Waals surface area (Å²) in [5.41, 5.74) is 0. The summed E-state index contributed by atoms with van der Waals surface area (Å²) in [6.07, 6.45) is 0.729. The number of hydrogen-bond donors (Lipinski definition) is 2. The molecule has 0 radical (unpaired) electrons. The third-order valence-corrected chi connectivity index (χ3v) is 3.31. The van der Waals surface area contributed by atoms with Crippen LogP contribution in [0.2, 0.25) is 0 Å². The predicted octanol–water partition coefficient (Wildman–Crippen LogP) is 1.22. The zero-order chi connectivity index (χ0) is 15.0. The Labute approximate surface area is 115 Å². The van der Waals surface area contributed by atoms with E-state index in [-0.39, 0.29) is 18.6 Å². The summed E-state index contributed by atoms with van der Waals surface area (Å²) >= 11 is 0. The molecule has 1 atom stereocenters. The lowest BCUT2D eigenvalue weighted by atomic mass is 10.2. The first kappa shape index (κ1) is 17.7. The normalized spacial score (nSPS) is 12.6. The number of carbonyl (C=O) groups excluding carboxylic acids is 1. The summed E-state index contributed by atoms with van der Waals surface area (Å²) in [5.74, 6) is -0.991. The number of rotatable bonds is 8. The van der Waals surface area contributed by atoms with Crippen LogP contribution in [0.5, 0.6) is 0 Å². The van der Waals surface area contributed by atoms with Gasteiger partial charge in [0.05, 0.1) is 0 Å². The van der Waals surface area contributed by atoms with Crippen molar-refractivity contribution in [1.82, 2.24) is 15.1 Å². The van der Waals surface area contributed by atoms with E-state index in [1.165, 1.54) is 4.90 Å². The average Bonchev–Trinajstić information content (AvgIpc) is 2.34. The van der Waals surface area contributed by atoms with Crippen molar-refractivity contribution in [2.24, 2.45) is 0 Å². The van der Waals surface area contributed by atoms with Crippen LogP contribution < -0.4 is 5.32 Å². The molecule has 0 aliphatic carbocycles. The highest BCUT2D eigenvalue weighted by molar-refractivity contribution is 5.80. The quantitative estimate of drug-likeness (QED) is 0.697. The highest BCUT2D eigenvalue weighted by Gasteiger charge is 2.21. The topological polar surface area (TPSA) is 72.9 Å². The maximum Gasteiger partial charge on any atom is 0.323 e. The van der Waals surface area contributed by atoms with Gasteiger partial charge in [-0.2, -0.15) is 0 Å². The van der Waals surface area contributed by atoms with E-state index in [2.05, 4.69) is 24.1 Å². The van der Waals surface area contributed by atoms with E-state index < -0.39 is 5.97 Å². The molecule has 0 spiro atoms. The van der Waals surface area contributed by atoms with Crippen LogP contribution in [0.3, 0.4) is 0 Å². The molecule has 6 nitrogen and oxygen atoms in total. The van der Waals surface area contributed by atoms with Crippen molar-refractivity contribution in [2.75, 3.05) is 26.7 Å². The minimum absolute atomic E-state index is 0.0843. The van der Waals surface area contributed by atoms with Gasteiger partial charge in [0.15, 0.2) is 0 Å². The van der Waals surface area contributed by atoms with Crippen LogP contribution in [0, 0.1) is 0 Å². The average molecular weight is 273 g/mol. The molecule has 0 rings (SSSR count). The number of nitrogens with zero attached hydrogens (tertiary/aromatic N) is 2. The first-order valence-electron chi connectivity index (χ1n) is 6.76. The molecule has 0 saturated carbocycles. The molecule has 0 bridgehead atoms. The van der Waals surface area contributed by atoms with Crippen molar-refractivity contribution in [3.8, 4) is 0 Å². The molecule has 6 heteroatoms. The van der Waals surface area contributed by atoms with E-state index in [1.807, 2.05) is 20.9 Å². The Balaban J connectivity index is 4.29. The van der Waals surface area contributed by atoms with Crippen molar-refractivity contribution >= 4 is 12.0 Å². The number of urea groups is 1. The predicted molar refractivity (Wildman–Crippen MR) is 75.3 cm³/mol. The second kappa shape index (κ2) is 8.74. The van der Waals surface area contributed by atoms with Crippen molar-refractivity contribution in [1.29, 1.82) is 0 Å². The molecule has 0 aliphatic heterocycles. The standard InChI is InChI=1S/C13H27N3O3/c1-6-11(4)16(9-12(17)18)13(19)14-7-8-15(5)10(2)3/h10-11H,6-9H2,1-5H3,(H,14,19)(H,17,18). The van der Waals surface area contributed by atoms with Crippen LogP contribution in [0.4, 0.5) is 4.79 Å². The Morgan fingerprint density at radius 2 is 1.84 bits per heavy atom. The SMILES string of the molecule is CCC(C)N(CC(=O)O)C(=O)NCCN(C)C(C)C. The van der Waals surface area contributed by atoms with Gasteiger partial charge >= 0.3 is 12.0 Å². The molecular formula is C13H27N3O3. The van der Waals surface area contributed by atoms with Gasteiger partial charge in [0.25, 0.3) is 0 Å². The fraction of sp³-hybridized carbons (Fsp3) is 0.846. The van der Waals surface area contributed by atoms with Crippen LogP contribution in [0.25, 0.3) is 0 Å². The molecule has 0 saturated heterocycles. The molecule has 112 valence electrons. The monoisotopic (exact) mass is 273 g/mol. The second-order valence-corrected chi connectivity index (χ2v) is 5.09. The molecule has 2 amide bonds. The highest BCUT2D eigenvalue weighted by Crippen LogP contribution is 2.03. The highest BCUT2D eigenvalue weighted by atomic mass is 16.4. The minimum atomic E-state index is -0.991. The van der Waals surface area contributed by atoms with Crippen LogP contribution in [0.1, 0.15) is 34.1 Å². The summed E-state index contributed by atoms with van der Waals surface area (Å²) in [6, 6.07) is 0.0226. The fourth-order valence-corrected chi connectivity index (χ4v) is 1.49. The summed E-state index contributed by atoms with van der Waals surface area (Å²) in [6.45, 7) is 8.93. The number of carbonyl (C=O) groups is 2. The molecule has 0 aromatic rings. The van der Waals surface area contributed by atoms with Crippen molar-refractivity contribution in [3.63, 3.8) is 0 Å². The lowest BCUT2D eigenvalue weighted by Gasteiger charge is -2.28. The smallest absolute Gasteiger partial charge is 0.323 e. The first-order valence-corrected chi connectivity index (χ1v) is 6.76. The molecule has 0 fully saturated rings. The van der Waals surface area contributed by atoms with E-state index in [9.17, 15) is 9.59 Å². The zero-order valence-electron chi connectivity index (χ0n) is 12.6. The number of carboxylic acids is 1. The fourth-order valence-electron chi connectivity index (χ4n) is 1.49. The Morgan fingerprint density at radius 3 is 2.26 bits per heavy atom. The van der Waals surface area contributed by atoms with E-state index >= 15 is 0 Å². The third kappa shape index (κ3) is 7.00. The maximum absolute atomic E-state index is 12.0. The minimum Gasteiger partial charge on any atom is -0.480 e. The molecular weight excluding hydrogens is 246 g/mol. The van der Waals surface area contributed by atoms with Gasteiger partial charge < -0.3 is 20.2 Å². The first-order chi connectivity index (χ1) is 8.79. The molecule has 0 heterocycles. The number of nitrogens with one attached hydrogen (secondary N) is 1. The lowest BCUT2D eigenvalue weighted by molar-refractivity contribution is -0.138. The van der Waals surface area contributed by atoms with Crippen molar-refractivity contribution in [2.45, 2.75) is 46.2 Å². The van der Waals surface area contributed by atoms with E-state index in [0.717, 1.165) is 13.0 Å². The Hall–Kier alpha value is -1.30. The van der Waals surface area contributed by atoms with Gasteiger partial charge in [-0.15, -0.1) is 0 Å². The number of carboxylic acid groups (broad SMARTS) is 1. The summed E-state index contributed by atoms with van der Waals surface area (Å²) in [5, 5.41) is 11.6. The van der Waals surface area contributed by atoms with E-state index in [1.54, 1.807) is 0 Å². The van der Waals surface area contributed by atoms with Crippen LogP contribution in [-0.2, 0) is 4.79 Å². The Morgan fingerprint density at radius 1 is 1.26 bits per heavy atom. The largest absolute Gasteiger partial charge is 0.480 e. The number of amides is 2. The summed E-state index contributed by atoms with van der Waals surface area (Å²) in [7, 11) is 1.99. The lowest BCUT2D eigenvalue weighted by Crippen LogP contribution is -2.48. The molecule has 1 unspecified atom stereocenters. The number of likely N-dealkylation sites (N-methyl/N-ethyl adjacent to an activating group) is 1. The molecule has 0 aromatic heterocycles.